The predicted octanol–water partition coefficient (Wildman–Crippen LogP) is 5.24. The third-order valence-electron chi connectivity index (χ3n) is 6.62. The molecule has 1 unspecified atom stereocenters. The van der Waals surface area contributed by atoms with Gasteiger partial charge < -0.3 is 0 Å². The Hall–Kier alpha value is -2.37. The van der Waals surface area contributed by atoms with Gasteiger partial charge in [-0.15, -0.1) is 0 Å². The average molecular weight is 406 g/mol. The number of hydrogen-bond acceptors (Lipinski definition) is 0. The summed E-state index contributed by atoms with van der Waals surface area (Å²) in [5.74, 6) is 0. The van der Waals surface area contributed by atoms with Crippen LogP contribution in [-0.2, 0) is 0 Å². The lowest BCUT2D eigenvalue weighted by Crippen LogP contribution is -2.44. The molecular weight excluding hydrogens is 378 g/mol. The lowest BCUT2D eigenvalue weighted by Gasteiger charge is -2.27. The molecule has 0 radical (unpaired) electrons. The van der Waals surface area contributed by atoms with E-state index in [1.165, 1.54) is 55.1 Å². The summed E-state index contributed by atoms with van der Waals surface area (Å²) >= 11 is 0. The van der Waals surface area contributed by atoms with Crippen molar-refractivity contribution in [3.63, 3.8) is 0 Å². The molecule has 0 fully saturated rings. The maximum absolute atomic E-state index is 2.40. The van der Waals surface area contributed by atoms with E-state index in [9.17, 15) is 0 Å². The number of aryl methyl sites for hydroxylation is 6. The van der Waals surface area contributed by atoms with E-state index in [2.05, 4.69) is 102 Å². The normalized spacial score (nSPS) is 15.3. The second kappa shape index (κ2) is 7.10. The van der Waals surface area contributed by atoms with E-state index in [4.69, 9.17) is 0 Å². The van der Waals surface area contributed by atoms with Gasteiger partial charge in [0.05, 0.1) is 0 Å². The molecule has 0 aliphatic carbocycles. The maximum atomic E-state index is 2.40. The van der Waals surface area contributed by atoms with Crippen LogP contribution in [0.25, 0.3) is 10.8 Å². The Labute approximate surface area is 182 Å². The van der Waals surface area contributed by atoms with Gasteiger partial charge in [0.2, 0.25) is 6.43 Å². The van der Waals surface area contributed by atoms with Crippen LogP contribution in [0.3, 0.4) is 0 Å². The van der Waals surface area contributed by atoms with Crippen molar-refractivity contribution in [2.45, 2.75) is 41.5 Å². The molecule has 1 aliphatic heterocycles. The van der Waals surface area contributed by atoms with Crippen molar-refractivity contribution in [1.82, 2.24) is 0 Å². The number of benzene rings is 4. The van der Waals surface area contributed by atoms with Gasteiger partial charge in [0.15, 0.2) is 0 Å². The first-order chi connectivity index (χ1) is 14.4. The molecule has 30 heavy (non-hydrogen) atoms. The van der Waals surface area contributed by atoms with Gasteiger partial charge in [-0.2, -0.15) is 0 Å². The van der Waals surface area contributed by atoms with E-state index in [1.54, 1.807) is 10.6 Å². The Morgan fingerprint density at radius 1 is 0.633 bits per heavy atom. The first-order valence-electron chi connectivity index (χ1n) is 10.8. The highest BCUT2D eigenvalue weighted by molar-refractivity contribution is 8.05. The van der Waals surface area contributed by atoms with Gasteiger partial charge in [-0.3, -0.25) is 0 Å². The second-order valence-corrected chi connectivity index (χ2v) is 11.2. The quantitative estimate of drug-likeness (QED) is 0.315. The van der Waals surface area contributed by atoms with Crippen LogP contribution < -0.4 is 21.5 Å². The molecule has 1 atom stereocenters. The average Bonchev–Trinajstić information content (AvgIpc) is 2.97. The molecule has 2 heteroatoms. The lowest BCUT2D eigenvalue weighted by molar-refractivity contribution is 1.35. The van der Waals surface area contributed by atoms with Crippen LogP contribution in [0.15, 0.2) is 60.7 Å². The minimum atomic E-state index is -0.522. The molecule has 0 nitrogen and oxygen atoms in total. The highest BCUT2D eigenvalue weighted by Gasteiger charge is 2.41. The Morgan fingerprint density at radius 2 is 1.17 bits per heavy atom. The molecule has 1 heterocycles. The molecule has 0 N–H and O–H groups in total. The molecule has 0 saturated carbocycles. The van der Waals surface area contributed by atoms with Crippen molar-refractivity contribution < 1.29 is 0 Å². The van der Waals surface area contributed by atoms with Crippen molar-refractivity contribution in [3.05, 3.63) is 94.0 Å². The molecule has 4 aromatic carbocycles. The summed E-state index contributed by atoms with van der Waals surface area (Å²) in [7, 11) is -0.522. The Bertz CT molecular complexity index is 1170. The van der Waals surface area contributed by atoms with E-state index in [0.29, 0.717) is 6.43 Å². The zero-order valence-electron chi connectivity index (χ0n) is 18.8. The van der Waals surface area contributed by atoms with Gasteiger partial charge in [-0.1, -0.05) is 102 Å². The Balaban J connectivity index is 1.89. The predicted molar refractivity (Wildman–Crippen MR) is 136 cm³/mol. The van der Waals surface area contributed by atoms with Crippen molar-refractivity contribution in [3.8, 4) is 0 Å². The van der Waals surface area contributed by atoms with Gasteiger partial charge >= 0.3 is 0 Å². The largest absolute Gasteiger partial charge is 0.248 e. The molecule has 148 valence electrons. The number of rotatable bonds is 2. The fourth-order valence-electron chi connectivity index (χ4n) is 5.77. The molecular formula is C28H28BP. The van der Waals surface area contributed by atoms with E-state index < -0.39 is 7.80 Å². The summed E-state index contributed by atoms with van der Waals surface area (Å²) in [5.41, 5.74) is 11.5. The molecule has 5 rings (SSSR count). The second-order valence-electron chi connectivity index (χ2n) is 9.05. The summed E-state index contributed by atoms with van der Waals surface area (Å²) in [6, 6.07) is 23.3. The highest BCUT2D eigenvalue weighted by Crippen LogP contribution is 2.46. The molecule has 0 amide bonds. The monoisotopic (exact) mass is 406 g/mol. The van der Waals surface area contributed by atoms with Gasteiger partial charge in [-0.05, 0) is 74.1 Å². The summed E-state index contributed by atoms with van der Waals surface area (Å²) in [6.07, 6.45) is 0.418. The van der Waals surface area contributed by atoms with E-state index in [0.717, 1.165) is 0 Å². The zero-order chi connectivity index (χ0) is 21.2. The molecule has 0 spiro atoms. The standard InChI is InChI=1S/C28H28BP/c1-17-13-19(3)27(20(4)14-17)29-24-11-7-9-23-10-8-12-25(26(23)24)30(29)28-21(5)15-18(2)16-22(28)6/h7-16H,1-6H3. The third-order valence-corrected chi connectivity index (χ3v) is 9.75. The van der Waals surface area contributed by atoms with E-state index >= 15 is 0 Å². The van der Waals surface area contributed by atoms with Crippen LogP contribution in [0, 0.1) is 41.5 Å². The topological polar surface area (TPSA) is 0 Å². The minimum Gasteiger partial charge on any atom is -0.0663 e. The highest BCUT2D eigenvalue weighted by atomic mass is 31.1. The fraction of sp³-hybridized carbons (Fsp3) is 0.214. The summed E-state index contributed by atoms with van der Waals surface area (Å²) < 4.78 is 0. The van der Waals surface area contributed by atoms with Crippen molar-refractivity contribution in [2.24, 2.45) is 0 Å². The lowest BCUT2D eigenvalue weighted by atomic mass is 9.58. The summed E-state index contributed by atoms with van der Waals surface area (Å²) in [4.78, 5) is 0. The molecule has 0 bridgehead atoms. The fourth-order valence-corrected chi connectivity index (χ4v) is 9.34. The first-order valence-corrected chi connectivity index (χ1v) is 12.2. The molecule has 0 aromatic heterocycles. The van der Waals surface area contributed by atoms with Gasteiger partial charge in [0.25, 0.3) is 0 Å². The van der Waals surface area contributed by atoms with Crippen molar-refractivity contribution in [1.29, 1.82) is 0 Å². The molecule has 1 aliphatic rings. The SMILES string of the molecule is Cc1cc(C)c(B2c3cccc4cccc(c34)P2c2c(C)cc(C)cc2C)c(C)c1. The maximum Gasteiger partial charge on any atom is 0.248 e. The smallest absolute Gasteiger partial charge is 0.0663 e. The zero-order valence-corrected chi connectivity index (χ0v) is 19.7. The van der Waals surface area contributed by atoms with Gasteiger partial charge in [-0.25, -0.2) is 0 Å². The van der Waals surface area contributed by atoms with Crippen LogP contribution in [0.2, 0.25) is 0 Å². The van der Waals surface area contributed by atoms with Crippen molar-refractivity contribution >= 4 is 46.5 Å². The molecule has 4 aromatic rings. The first kappa shape index (κ1) is 19.6. The van der Waals surface area contributed by atoms with E-state index in [1.807, 2.05) is 0 Å². The van der Waals surface area contributed by atoms with Crippen LogP contribution in [0.5, 0.6) is 0 Å². The minimum absolute atomic E-state index is 0.418. The summed E-state index contributed by atoms with van der Waals surface area (Å²) in [5, 5.41) is 6.00. The van der Waals surface area contributed by atoms with E-state index in [-0.39, 0.29) is 0 Å². The Kier molecular flexibility index (Phi) is 4.64. The molecule has 0 saturated heterocycles. The Morgan fingerprint density at radius 3 is 1.77 bits per heavy atom. The van der Waals surface area contributed by atoms with Crippen molar-refractivity contribution in [2.75, 3.05) is 0 Å². The third kappa shape index (κ3) is 2.87. The van der Waals surface area contributed by atoms with Gasteiger partial charge in [0, 0.05) is 0 Å². The van der Waals surface area contributed by atoms with Crippen LogP contribution in [-0.4, -0.2) is 6.43 Å². The van der Waals surface area contributed by atoms with Crippen LogP contribution >= 0.6 is 7.80 Å². The van der Waals surface area contributed by atoms with Gasteiger partial charge in [0.1, 0.15) is 0 Å². The van der Waals surface area contributed by atoms with Crippen LogP contribution in [0.1, 0.15) is 33.4 Å². The number of hydrogen-bond donors (Lipinski definition) is 0. The summed E-state index contributed by atoms with van der Waals surface area (Å²) in [6.45, 7) is 13.7. The van der Waals surface area contributed by atoms with Crippen LogP contribution in [0.4, 0.5) is 0 Å².